The minimum Gasteiger partial charge on any atom is -0.381 e. The van der Waals surface area contributed by atoms with Crippen LogP contribution in [0.1, 0.15) is 40.0 Å². The second-order valence-electron chi connectivity index (χ2n) is 3.82. The molecule has 0 saturated heterocycles. The van der Waals surface area contributed by atoms with Crippen LogP contribution in [0.2, 0.25) is 0 Å². The molecular weight excluding hydrogens is 181 g/mol. The molecule has 0 rings (SSSR count). The Morgan fingerprint density at radius 1 is 1.31 bits per heavy atom. The lowest BCUT2D eigenvalue weighted by molar-refractivity contribution is -0.255. The maximum absolute atomic E-state index is 12.1. The van der Waals surface area contributed by atoms with Gasteiger partial charge in [0.25, 0.3) is 0 Å². The molecular formula is C9H17F3O. The topological polar surface area (TPSA) is 20.2 Å². The highest BCUT2D eigenvalue weighted by Crippen LogP contribution is 2.34. The highest BCUT2D eigenvalue weighted by Gasteiger charge is 2.49. The first-order valence-electron chi connectivity index (χ1n) is 4.50. The van der Waals surface area contributed by atoms with E-state index in [0.29, 0.717) is 6.42 Å². The molecule has 0 aromatic heterocycles. The average molecular weight is 198 g/mol. The fraction of sp³-hybridized carbons (Fsp3) is 1.00. The van der Waals surface area contributed by atoms with Gasteiger partial charge in [-0.05, 0) is 25.7 Å². The predicted molar refractivity (Wildman–Crippen MR) is 45.4 cm³/mol. The maximum Gasteiger partial charge on any atom is 0.416 e. The Morgan fingerprint density at radius 3 is 2.08 bits per heavy atom. The van der Waals surface area contributed by atoms with E-state index in [-0.39, 0.29) is 12.3 Å². The van der Waals surface area contributed by atoms with Gasteiger partial charge in [0.15, 0.2) is 5.60 Å². The maximum atomic E-state index is 12.1. The molecule has 0 aromatic rings. The van der Waals surface area contributed by atoms with Gasteiger partial charge in [-0.3, -0.25) is 0 Å². The number of hydrogen-bond acceptors (Lipinski definition) is 1. The molecule has 1 N–H and O–H groups in total. The summed E-state index contributed by atoms with van der Waals surface area (Å²) in [5.74, 6) is 0.230. The summed E-state index contributed by atoms with van der Waals surface area (Å²) in [4.78, 5) is 0. The van der Waals surface area contributed by atoms with Gasteiger partial charge >= 0.3 is 6.18 Å². The van der Waals surface area contributed by atoms with Crippen molar-refractivity contribution in [1.29, 1.82) is 0 Å². The third-order valence-electron chi connectivity index (χ3n) is 2.43. The van der Waals surface area contributed by atoms with Gasteiger partial charge in [0.2, 0.25) is 0 Å². The molecule has 13 heavy (non-hydrogen) atoms. The molecule has 0 heterocycles. The summed E-state index contributed by atoms with van der Waals surface area (Å²) in [6, 6.07) is 0. The number of hydrogen-bond donors (Lipinski definition) is 1. The van der Waals surface area contributed by atoms with E-state index in [9.17, 15) is 13.2 Å². The standard InChI is InChI=1S/C9H17F3O/c1-4-7(2)5-6-8(3,13)9(10,11)12/h7,13H,4-6H2,1-3H3/t7-,8?/m0/s1. The number of aliphatic hydroxyl groups is 1. The lowest BCUT2D eigenvalue weighted by Gasteiger charge is -2.27. The van der Waals surface area contributed by atoms with E-state index >= 15 is 0 Å². The van der Waals surface area contributed by atoms with Crippen LogP contribution in [0.3, 0.4) is 0 Å². The molecule has 0 aliphatic heterocycles. The molecule has 0 amide bonds. The van der Waals surface area contributed by atoms with E-state index in [1.54, 1.807) is 0 Å². The van der Waals surface area contributed by atoms with Gasteiger partial charge in [-0.25, -0.2) is 0 Å². The molecule has 0 radical (unpaired) electrons. The largest absolute Gasteiger partial charge is 0.416 e. The number of halogens is 3. The molecule has 1 nitrogen and oxygen atoms in total. The minimum absolute atomic E-state index is 0.217. The second-order valence-corrected chi connectivity index (χ2v) is 3.82. The fourth-order valence-electron chi connectivity index (χ4n) is 0.873. The molecule has 0 aliphatic rings. The van der Waals surface area contributed by atoms with E-state index in [2.05, 4.69) is 0 Å². The smallest absolute Gasteiger partial charge is 0.381 e. The van der Waals surface area contributed by atoms with Crippen LogP contribution < -0.4 is 0 Å². The zero-order valence-electron chi connectivity index (χ0n) is 8.28. The van der Waals surface area contributed by atoms with Crippen molar-refractivity contribution in [1.82, 2.24) is 0 Å². The SMILES string of the molecule is CC[C@H](C)CCC(C)(O)C(F)(F)F. The third-order valence-corrected chi connectivity index (χ3v) is 2.43. The quantitative estimate of drug-likeness (QED) is 0.735. The van der Waals surface area contributed by atoms with Crippen LogP contribution >= 0.6 is 0 Å². The number of alkyl halides is 3. The Labute approximate surface area is 76.9 Å². The highest BCUT2D eigenvalue weighted by atomic mass is 19.4. The van der Waals surface area contributed by atoms with Gasteiger partial charge in [0.05, 0.1) is 0 Å². The van der Waals surface area contributed by atoms with Crippen molar-refractivity contribution in [3.05, 3.63) is 0 Å². The first-order valence-corrected chi connectivity index (χ1v) is 4.50. The Bertz CT molecular complexity index is 151. The minimum atomic E-state index is -4.51. The van der Waals surface area contributed by atoms with Crippen molar-refractivity contribution >= 4 is 0 Å². The van der Waals surface area contributed by atoms with Gasteiger partial charge < -0.3 is 5.11 Å². The van der Waals surface area contributed by atoms with Crippen LogP contribution in [-0.4, -0.2) is 16.9 Å². The fourth-order valence-corrected chi connectivity index (χ4v) is 0.873. The molecule has 0 aliphatic carbocycles. The molecule has 2 atom stereocenters. The summed E-state index contributed by atoms with van der Waals surface area (Å²) in [7, 11) is 0. The summed E-state index contributed by atoms with van der Waals surface area (Å²) in [6.07, 6.45) is -3.48. The monoisotopic (exact) mass is 198 g/mol. The second kappa shape index (κ2) is 4.31. The Kier molecular flexibility index (Phi) is 4.23. The third kappa shape index (κ3) is 3.98. The summed E-state index contributed by atoms with van der Waals surface area (Å²) in [6.45, 7) is 4.63. The number of rotatable bonds is 4. The first-order chi connectivity index (χ1) is 5.70. The van der Waals surface area contributed by atoms with Crippen molar-refractivity contribution in [2.24, 2.45) is 5.92 Å². The van der Waals surface area contributed by atoms with Crippen LogP contribution in [0.25, 0.3) is 0 Å². The summed E-state index contributed by atoms with van der Waals surface area (Å²) >= 11 is 0. The lowest BCUT2D eigenvalue weighted by atomic mass is 9.93. The molecule has 4 heteroatoms. The van der Waals surface area contributed by atoms with Crippen LogP contribution in [0.5, 0.6) is 0 Å². The molecule has 80 valence electrons. The van der Waals surface area contributed by atoms with Crippen molar-refractivity contribution in [3.8, 4) is 0 Å². The normalized spacial score (nSPS) is 19.6. The predicted octanol–water partition coefficient (Wildman–Crippen LogP) is 3.13. The van der Waals surface area contributed by atoms with Crippen molar-refractivity contribution < 1.29 is 18.3 Å². The Balaban J connectivity index is 4.04. The van der Waals surface area contributed by atoms with Crippen LogP contribution in [-0.2, 0) is 0 Å². The molecule has 0 spiro atoms. The summed E-state index contributed by atoms with van der Waals surface area (Å²) in [5.41, 5.74) is -2.53. The highest BCUT2D eigenvalue weighted by molar-refractivity contribution is 4.81. The van der Waals surface area contributed by atoms with Gasteiger partial charge in [0.1, 0.15) is 0 Å². The zero-order valence-corrected chi connectivity index (χ0v) is 8.28. The lowest BCUT2D eigenvalue weighted by Crippen LogP contribution is -2.42. The van der Waals surface area contributed by atoms with Gasteiger partial charge in [-0.15, -0.1) is 0 Å². The summed E-state index contributed by atoms with van der Waals surface area (Å²) < 4.78 is 36.4. The Morgan fingerprint density at radius 2 is 1.77 bits per heavy atom. The van der Waals surface area contributed by atoms with Gasteiger partial charge in [0, 0.05) is 0 Å². The van der Waals surface area contributed by atoms with Gasteiger partial charge in [-0.1, -0.05) is 20.3 Å². The van der Waals surface area contributed by atoms with E-state index < -0.39 is 11.8 Å². The van der Waals surface area contributed by atoms with Crippen molar-refractivity contribution in [2.75, 3.05) is 0 Å². The Hall–Kier alpha value is -0.250. The first kappa shape index (κ1) is 12.8. The molecule has 0 saturated carbocycles. The average Bonchev–Trinajstić information content (AvgIpc) is 1.98. The molecule has 0 bridgehead atoms. The molecule has 0 fully saturated rings. The van der Waals surface area contributed by atoms with Crippen LogP contribution in [0.15, 0.2) is 0 Å². The van der Waals surface area contributed by atoms with Crippen LogP contribution in [0.4, 0.5) is 13.2 Å². The van der Waals surface area contributed by atoms with Gasteiger partial charge in [-0.2, -0.15) is 13.2 Å². The summed E-state index contributed by atoms with van der Waals surface area (Å²) in [5, 5.41) is 9.07. The zero-order chi connectivity index (χ0) is 10.7. The van der Waals surface area contributed by atoms with E-state index in [1.165, 1.54) is 0 Å². The van der Waals surface area contributed by atoms with Crippen molar-refractivity contribution in [2.45, 2.75) is 51.8 Å². The van der Waals surface area contributed by atoms with Crippen LogP contribution in [0, 0.1) is 5.92 Å². The van der Waals surface area contributed by atoms with E-state index in [1.807, 2.05) is 13.8 Å². The molecule has 1 unspecified atom stereocenters. The van der Waals surface area contributed by atoms with E-state index in [4.69, 9.17) is 5.11 Å². The van der Waals surface area contributed by atoms with E-state index in [0.717, 1.165) is 13.3 Å². The van der Waals surface area contributed by atoms with Crippen molar-refractivity contribution in [3.63, 3.8) is 0 Å². The molecule has 0 aromatic carbocycles.